The normalized spacial score (nSPS) is 17.9. The van der Waals surface area contributed by atoms with Crippen molar-refractivity contribution in [1.82, 2.24) is 14.9 Å². The van der Waals surface area contributed by atoms with Gasteiger partial charge in [-0.2, -0.15) is 13.2 Å². The van der Waals surface area contributed by atoms with Gasteiger partial charge in [-0.25, -0.2) is 0 Å². The van der Waals surface area contributed by atoms with Crippen molar-refractivity contribution in [3.05, 3.63) is 112 Å². The minimum atomic E-state index is -4.48. The lowest BCUT2D eigenvalue weighted by Gasteiger charge is -2.28. The highest BCUT2D eigenvalue weighted by atomic mass is 35.5. The second kappa shape index (κ2) is 9.26. The van der Waals surface area contributed by atoms with Crippen LogP contribution in [0.15, 0.2) is 79.0 Å². The number of nitrogens with one attached hydrogen (secondary N) is 1. The summed E-state index contributed by atoms with van der Waals surface area (Å²) in [6.45, 7) is 3.65. The smallest absolute Gasteiger partial charge is 0.351 e. The molecule has 36 heavy (non-hydrogen) atoms. The molecule has 184 valence electrons. The minimum absolute atomic E-state index is 0.0900. The third-order valence-electron chi connectivity index (χ3n) is 6.44. The van der Waals surface area contributed by atoms with Crippen LogP contribution in [0.5, 0.6) is 0 Å². The summed E-state index contributed by atoms with van der Waals surface area (Å²) in [4.78, 5) is 6.53. The van der Waals surface area contributed by atoms with Crippen molar-refractivity contribution in [1.29, 1.82) is 0 Å². The average Bonchev–Trinajstić information content (AvgIpc) is 3.34. The molecular weight excluding hydrogens is 505 g/mol. The summed E-state index contributed by atoms with van der Waals surface area (Å²) in [7, 11) is 0. The Morgan fingerprint density at radius 1 is 0.972 bits per heavy atom. The first kappa shape index (κ1) is 24.3. The summed E-state index contributed by atoms with van der Waals surface area (Å²) in [5.74, 6) is 0. The molecule has 1 fully saturated rings. The Morgan fingerprint density at radius 2 is 1.67 bits per heavy atom. The van der Waals surface area contributed by atoms with Crippen molar-refractivity contribution in [2.24, 2.45) is 0 Å². The summed E-state index contributed by atoms with van der Waals surface area (Å²) in [6.07, 6.45) is -2.77. The van der Waals surface area contributed by atoms with Crippen LogP contribution in [0.1, 0.15) is 40.3 Å². The molecule has 5 rings (SSSR count). The van der Waals surface area contributed by atoms with E-state index in [2.05, 4.69) is 10.3 Å². The molecule has 3 heterocycles. The van der Waals surface area contributed by atoms with Crippen molar-refractivity contribution in [2.75, 3.05) is 4.90 Å². The standard InChI is InChI=1S/C27H22ClF3N4S/c1-16-15-20(17(2)34(16)23-9-4-3-7-21(23)27(29,30)31)25-24(22-8-5-6-14-32-22)33-26(36)35(25)19-12-10-18(28)11-13-19/h3-15,24-25H,1-2H3,(H,33,36)/t24-,25-/m0/s1. The fraction of sp³-hybridized carbons (Fsp3) is 0.185. The number of hydrogen-bond donors (Lipinski definition) is 1. The van der Waals surface area contributed by atoms with E-state index < -0.39 is 11.7 Å². The van der Waals surface area contributed by atoms with Gasteiger partial charge in [-0.3, -0.25) is 4.98 Å². The Labute approximate surface area is 217 Å². The van der Waals surface area contributed by atoms with Gasteiger partial charge in [-0.1, -0.05) is 29.8 Å². The number of aryl methyl sites for hydroxylation is 1. The zero-order valence-corrected chi connectivity index (χ0v) is 21.0. The number of pyridine rings is 1. The van der Waals surface area contributed by atoms with Gasteiger partial charge >= 0.3 is 6.18 Å². The number of halogens is 4. The summed E-state index contributed by atoms with van der Waals surface area (Å²) in [6, 6.07) is 19.9. The van der Waals surface area contributed by atoms with Crippen molar-refractivity contribution in [3.8, 4) is 5.69 Å². The summed E-state index contributed by atoms with van der Waals surface area (Å²) in [5.41, 5.74) is 3.24. The fourth-order valence-electron chi connectivity index (χ4n) is 4.92. The number of thiocarbonyl (C=S) groups is 1. The monoisotopic (exact) mass is 526 g/mol. The molecule has 1 saturated heterocycles. The van der Waals surface area contributed by atoms with Crippen LogP contribution in [0, 0.1) is 13.8 Å². The number of nitrogens with zero attached hydrogens (tertiary/aromatic N) is 3. The number of hydrogen-bond acceptors (Lipinski definition) is 2. The van der Waals surface area contributed by atoms with Gasteiger partial charge < -0.3 is 14.8 Å². The van der Waals surface area contributed by atoms with Gasteiger partial charge in [0.1, 0.15) is 0 Å². The maximum atomic E-state index is 13.9. The molecule has 4 nitrogen and oxygen atoms in total. The Balaban J connectivity index is 1.70. The highest BCUT2D eigenvalue weighted by molar-refractivity contribution is 7.80. The first-order valence-corrected chi connectivity index (χ1v) is 12.1. The van der Waals surface area contributed by atoms with E-state index in [0.29, 0.717) is 21.5 Å². The Kier molecular flexibility index (Phi) is 6.26. The molecule has 9 heteroatoms. The first-order chi connectivity index (χ1) is 17.2. The van der Waals surface area contributed by atoms with Gasteiger partial charge in [-0.15, -0.1) is 0 Å². The number of aromatic nitrogens is 2. The van der Waals surface area contributed by atoms with Crippen LogP contribution in [0.2, 0.25) is 5.02 Å². The molecule has 2 aromatic heterocycles. The number of alkyl halides is 3. The van der Waals surface area contributed by atoms with Crippen LogP contribution in [0.3, 0.4) is 0 Å². The first-order valence-electron chi connectivity index (χ1n) is 11.3. The molecule has 1 aliphatic rings. The molecule has 1 aliphatic heterocycles. The van der Waals surface area contributed by atoms with E-state index in [4.69, 9.17) is 23.8 Å². The van der Waals surface area contributed by atoms with Gasteiger partial charge in [0.15, 0.2) is 5.11 Å². The van der Waals surface area contributed by atoms with E-state index in [-0.39, 0.29) is 17.8 Å². The Hall–Kier alpha value is -3.36. The molecule has 0 spiro atoms. The van der Waals surface area contributed by atoms with Crippen LogP contribution in [-0.4, -0.2) is 14.7 Å². The van der Waals surface area contributed by atoms with Crippen molar-refractivity contribution >= 4 is 34.6 Å². The predicted octanol–water partition coefficient (Wildman–Crippen LogP) is 7.34. The Bertz CT molecular complexity index is 1420. The molecule has 0 aliphatic carbocycles. The van der Waals surface area contributed by atoms with Gasteiger partial charge in [0.2, 0.25) is 0 Å². The van der Waals surface area contributed by atoms with E-state index in [1.807, 2.05) is 55.1 Å². The molecule has 2 aromatic carbocycles. The maximum absolute atomic E-state index is 13.9. The van der Waals surface area contributed by atoms with Crippen molar-refractivity contribution in [3.63, 3.8) is 0 Å². The second-order valence-electron chi connectivity index (χ2n) is 8.65. The number of benzene rings is 2. The number of anilines is 1. The van der Waals surface area contributed by atoms with Crippen LogP contribution in [0.25, 0.3) is 5.69 Å². The number of rotatable bonds is 4. The van der Waals surface area contributed by atoms with E-state index in [0.717, 1.165) is 23.0 Å². The lowest BCUT2D eigenvalue weighted by Crippen LogP contribution is -2.29. The van der Waals surface area contributed by atoms with E-state index in [9.17, 15) is 13.2 Å². The van der Waals surface area contributed by atoms with Crippen LogP contribution < -0.4 is 10.2 Å². The van der Waals surface area contributed by atoms with Crippen molar-refractivity contribution < 1.29 is 13.2 Å². The molecule has 1 N–H and O–H groups in total. The summed E-state index contributed by atoms with van der Waals surface area (Å²) in [5, 5.41) is 4.48. The quantitative estimate of drug-likeness (QED) is 0.282. The SMILES string of the molecule is Cc1cc([C@H]2[C@H](c3ccccn3)NC(=S)N2c2ccc(Cl)cc2)c(C)n1-c1ccccc1C(F)(F)F. The predicted molar refractivity (Wildman–Crippen MR) is 140 cm³/mol. The summed E-state index contributed by atoms with van der Waals surface area (Å²) < 4.78 is 43.3. The summed E-state index contributed by atoms with van der Waals surface area (Å²) >= 11 is 11.9. The molecular formula is C27H22ClF3N4S. The highest BCUT2D eigenvalue weighted by Crippen LogP contribution is 2.44. The van der Waals surface area contributed by atoms with E-state index >= 15 is 0 Å². The van der Waals surface area contributed by atoms with Gasteiger partial charge in [0.25, 0.3) is 0 Å². The van der Waals surface area contributed by atoms with E-state index in [1.165, 1.54) is 12.1 Å². The third kappa shape index (κ3) is 4.24. The molecule has 0 amide bonds. The van der Waals surface area contributed by atoms with Crippen molar-refractivity contribution in [2.45, 2.75) is 32.1 Å². The lowest BCUT2D eigenvalue weighted by molar-refractivity contribution is -0.137. The lowest BCUT2D eigenvalue weighted by atomic mass is 9.96. The van der Waals surface area contributed by atoms with Gasteiger partial charge in [-0.05, 0) is 86.2 Å². The topological polar surface area (TPSA) is 33.1 Å². The fourth-order valence-corrected chi connectivity index (χ4v) is 5.39. The second-order valence-corrected chi connectivity index (χ2v) is 9.47. The maximum Gasteiger partial charge on any atom is 0.418 e. The largest absolute Gasteiger partial charge is 0.418 e. The zero-order chi connectivity index (χ0) is 25.6. The van der Waals surface area contributed by atoms with Crippen LogP contribution in [0.4, 0.5) is 18.9 Å². The molecule has 4 aromatic rings. The highest BCUT2D eigenvalue weighted by Gasteiger charge is 2.43. The van der Waals surface area contributed by atoms with E-state index in [1.54, 1.807) is 29.0 Å². The molecule has 0 bridgehead atoms. The Morgan fingerprint density at radius 3 is 2.33 bits per heavy atom. The molecule has 2 atom stereocenters. The third-order valence-corrected chi connectivity index (χ3v) is 7.01. The van der Waals surface area contributed by atoms with Gasteiger partial charge in [0.05, 0.1) is 29.0 Å². The molecule has 0 unspecified atom stereocenters. The van der Waals surface area contributed by atoms with Crippen LogP contribution in [-0.2, 0) is 6.18 Å². The average molecular weight is 527 g/mol. The molecule has 0 saturated carbocycles. The van der Waals surface area contributed by atoms with Crippen LogP contribution >= 0.6 is 23.8 Å². The molecule has 0 radical (unpaired) electrons. The minimum Gasteiger partial charge on any atom is -0.351 e. The number of para-hydroxylation sites is 1. The zero-order valence-electron chi connectivity index (χ0n) is 19.4. The van der Waals surface area contributed by atoms with Gasteiger partial charge in [0, 0.05) is 28.3 Å².